The summed E-state index contributed by atoms with van der Waals surface area (Å²) in [6.45, 7) is 7.17. The molecule has 2 nitrogen and oxygen atoms in total. The number of hydrogen-bond donors (Lipinski definition) is 1. The zero-order chi connectivity index (χ0) is 20.1. The molecule has 6 rings (SSSR count). The molecular weight excluding hydrogens is 356 g/mol. The molecule has 0 spiro atoms. The molecule has 1 aliphatic heterocycles. The molecule has 1 aromatic carbocycles. The second kappa shape index (κ2) is 5.88. The van der Waals surface area contributed by atoms with E-state index < -0.39 is 5.60 Å². The summed E-state index contributed by atoms with van der Waals surface area (Å²) in [5, 5.41) is 11.2. The average molecular weight is 395 g/mol. The number of fused-ring (bicyclic) bond motifs is 6. The molecule has 0 bridgehead atoms. The van der Waals surface area contributed by atoms with Gasteiger partial charge >= 0.3 is 0 Å². The van der Waals surface area contributed by atoms with Crippen molar-refractivity contribution in [1.82, 2.24) is 0 Å². The van der Waals surface area contributed by atoms with Gasteiger partial charge in [-0.1, -0.05) is 44.2 Å². The Morgan fingerprint density at radius 1 is 0.966 bits per heavy atom. The molecule has 4 aliphatic carbocycles. The quantitative estimate of drug-likeness (QED) is 0.646. The van der Waals surface area contributed by atoms with Crippen molar-refractivity contribution in [2.75, 3.05) is 0 Å². The van der Waals surface area contributed by atoms with E-state index in [1.54, 1.807) is 0 Å². The molecule has 1 heterocycles. The molecule has 0 aromatic heterocycles. The minimum absolute atomic E-state index is 0.108. The minimum Gasteiger partial charge on any atom is -0.390 e. The maximum atomic E-state index is 11.2. The van der Waals surface area contributed by atoms with Crippen LogP contribution in [0.2, 0.25) is 0 Å². The first-order valence-corrected chi connectivity index (χ1v) is 12.2. The second-order valence-corrected chi connectivity index (χ2v) is 12.2. The molecule has 0 radical (unpaired) electrons. The predicted octanol–water partition coefficient (Wildman–Crippen LogP) is 5.77. The molecule has 2 heteroatoms. The van der Waals surface area contributed by atoms with Crippen LogP contribution in [0.5, 0.6) is 0 Å². The van der Waals surface area contributed by atoms with Crippen LogP contribution in [0.25, 0.3) is 0 Å². The van der Waals surface area contributed by atoms with Gasteiger partial charge in [0.25, 0.3) is 0 Å². The summed E-state index contributed by atoms with van der Waals surface area (Å²) in [6.07, 6.45) is 11.7. The number of aliphatic hydroxyl groups is 1. The van der Waals surface area contributed by atoms with Crippen molar-refractivity contribution in [3.05, 3.63) is 35.9 Å². The fraction of sp³-hybridized carbons (Fsp3) is 0.778. The van der Waals surface area contributed by atoms with Crippen LogP contribution in [0.3, 0.4) is 0 Å². The highest BCUT2D eigenvalue weighted by molar-refractivity contribution is 5.25. The van der Waals surface area contributed by atoms with Gasteiger partial charge in [-0.05, 0) is 98.4 Å². The fourth-order valence-electron chi connectivity index (χ4n) is 9.17. The molecule has 1 saturated heterocycles. The highest BCUT2D eigenvalue weighted by atomic mass is 16.6. The molecule has 9 atom stereocenters. The Morgan fingerprint density at radius 3 is 2.52 bits per heavy atom. The molecule has 29 heavy (non-hydrogen) atoms. The lowest BCUT2D eigenvalue weighted by atomic mass is 9.43. The summed E-state index contributed by atoms with van der Waals surface area (Å²) in [6, 6.07) is 11.0. The van der Waals surface area contributed by atoms with E-state index in [0.717, 1.165) is 36.5 Å². The van der Waals surface area contributed by atoms with Crippen LogP contribution >= 0.6 is 0 Å². The maximum Gasteiger partial charge on any atom is 0.0993 e. The van der Waals surface area contributed by atoms with Gasteiger partial charge in [-0.3, -0.25) is 0 Å². The summed E-state index contributed by atoms with van der Waals surface area (Å²) in [4.78, 5) is 0. The molecule has 158 valence electrons. The van der Waals surface area contributed by atoms with Gasteiger partial charge in [0.15, 0.2) is 0 Å². The first-order chi connectivity index (χ1) is 13.8. The summed E-state index contributed by atoms with van der Waals surface area (Å²) in [7, 11) is 0. The van der Waals surface area contributed by atoms with Crippen LogP contribution in [0.1, 0.15) is 77.7 Å². The van der Waals surface area contributed by atoms with E-state index in [0.29, 0.717) is 11.5 Å². The summed E-state index contributed by atoms with van der Waals surface area (Å²) < 4.78 is 6.51. The van der Waals surface area contributed by atoms with Gasteiger partial charge in [0.1, 0.15) is 0 Å². The van der Waals surface area contributed by atoms with Crippen molar-refractivity contribution in [2.45, 2.75) is 95.9 Å². The number of epoxide rings is 1. The monoisotopic (exact) mass is 394 g/mol. The van der Waals surface area contributed by atoms with Gasteiger partial charge in [0, 0.05) is 6.42 Å². The third kappa shape index (κ3) is 2.48. The molecule has 5 fully saturated rings. The van der Waals surface area contributed by atoms with E-state index in [-0.39, 0.29) is 11.0 Å². The zero-order valence-corrected chi connectivity index (χ0v) is 18.5. The van der Waals surface area contributed by atoms with Crippen LogP contribution in [0.4, 0.5) is 0 Å². The van der Waals surface area contributed by atoms with Gasteiger partial charge in [-0.2, -0.15) is 0 Å². The van der Waals surface area contributed by atoms with Gasteiger partial charge in [-0.15, -0.1) is 0 Å². The maximum absolute atomic E-state index is 11.2. The highest BCUT2D eigenvalue weighted by Gasteiger charge is 2.69. The largest absolute Gasteiger partial charge is 0.390 e. The Balaban J connectivity index is 1.29. The Kier molecular flexibility index (Phi) is 3.83. The standard InChI is InChI=1S/C27H38O2/c1-24-17-27(16-18-7-5-4-6-8-18)23(29-27)15-19(24)9-10-20-21(24)11-13-25(2)22(20)12-14-26(25,3)28/h4-8,19-23,28H,9-17H2,1-3H3/t19?,20-,21-,22+,23?,24+,25+,26?,27?/m1/s1. The van der Waals surface area contributed by atoms with Crippen molar-refractivity contribution < 1.29 is 9.84 Å². The zero-order valence-electron chi connectivity index (χ0n) is 18.5. The van der Waals surface area contributed by atoms with Crippen molar-refractivity contribution in [3.8, 4) is 0 Å². The van der Waals surface area contributed by atoms with E-state index in [9.17, 15) is 5.11 Å². The van der Waals surface area contributed by atoms with Crippen LogP contribution in [-0.4, -0.2) is 22.4 Å². The van der Waals surface area contributed by atoms with Crippen molar-refractivity contribution in [3.63, 3.8) is 0 Å². The molecular formula is C27H38O2. The van der Waals surface area contributed by atoms with Gasteiger partial charge in [0.2, 0.25) is 0 Å². The molecule has 1 N–H and O–H groups in total. The highest BCUT2D eigenvalue weighted by Crippen LogP contribution is 2.71. The predicted molar refractivity (Wildman–Crippen MR) is 115 cm³/mol. The van der Waals surface area contributed by atoms with Gasteiger partial charge in [-0.25, -0.2) is 0 Å². The minimum atomic E-state index is -0.466. The topological polar surface area (TPSA) is 32.8 Å². The summed E-state index contributed by atoms with van der Waals surface area (Å²) >= 11 is 0. The Labute approximate surface area is 176 Å². The number of hydrogen-bond acceptors (Lipinski definition) is 2. The number of benzene rings is 1. The van der Waals surface area contributed by atoms with Crippen molar-refractivity contribution in [2.24, 2.45) is 34.5 Å². The number of ether oxygens (including phenoxy) is 1. The smallest absolute Gasteiger partial charge is 0.0993 e. The van der Waals surface area contributed by atoms with E-state index in [1.165, 1.54) is 50.5 Å². The van der Waals surface area contributed by atoms with Crippen LogP contribution < -0.4 is 0 Å². The molecule has 4 unspecified atom stereocenters. The van der Waals surface area contributed by atoms with Crippen molar-refractivity contribution >= 4 is 0 Å². The van der Waals surface area contributed by atoms with Crippen molar-refractivity contribution in [1.29, 1.82) is 0 Å². The second-order valence-electron chi connectivity index (χ2n) is 12.2. The van der Waals surface area contributed by atoms with E-state index in [1.807, 2.05) is 0 Å². The summed E-state index contributed by atoms with van der Waals surface area (Å²) in [5.74, 6) is 3.20. The van der Waals surface area contributed by atoms with Crippen LogP contribution in [0, 0.1) is 34.5 Å². The van der Waals surface area contributed by atoms with Gasteiger partial charge < -0.3 is 9.84 Å². The lowest BCUT2D eigenvalue weighted by Gasteiger charge is -2.61. The van der Waals surface area contributed by atoms with Crippen LogP contribution in [-0.2, 0) is 11.2 Å². The Morgan fingerprint density at radius 2 is 1.72 bits per heavy atom. The normalized spacial score (nSPS) is 55.4. The molecule has 4 saturated carbocycles. The molecule has 5 aliphatic rings. The first kappa shape index (κ1) is 18.9. The first-order valence-electron chi connectivity index (χ1n) is 12.2. The lowest BCUT2D eigenvalue weighted by molar-refractivity contribution is -0.146. The third-order valence-electron chi connectivity index (χ3n) is 11.1. The summed E-state index contributed by atoms with van der Waals surface area (Å²) in [5.41, 5.74) is 1.63. The third-order valence-corrected chi connectivity index (χ3v) is 11.1. The van der Waals surface area contributed by atoms with E-state index >= 15 is 0 Å². The average Bonchev–Trinajstić information content (AvgIpc) is 3.29. The van der Waals surface area contributed by atoms with E-state index in [4.69, 9.17) is 4.74 Å². The Hall–Kier alpha value is -0.860. The van der Waals surface area contributed by atoms with E-state index in [2.05, 4.69) is 51.1 Å². The fourth-order valence-corrected chi connectivity index (χ4v) is 9.17. The number of rotatable bonds is 2. The van der Waals surface area contributed by atoms with Crippen LogP contribution in [0.15, 0.2) is 30.3 Å². The molecule has 1 aromatic rings. The molecule has 0 amide bonds. The Bertz CT molecular complexity index is 802. The SMILES string of the molecule is CC1(O)CC[C@H]2[C@@H]3CCC4CC5OC5(Cc5ccccc5)C[C@]4(C)[C@@H]3CC[C@@]21C. The van der Waals surface area contributed by atoms with Gasteiger partial charge in [0.05, 0.1) is 17.3 Å². The lowest BCUT2D eigenvalue weighted by Crippen LogP contribution is -2.57.